The Bertz CT molecular complexity index is 1560. The summed E-state index contributed by atoms with van der Waals surface area (Å²) in [5.41, 5.74) is 1.67. The van der Waals surface area contributed by atoms with Gasteiger partial charge in [-0.15, -0.1) is 0 Å². The number of ketones is 1. The highest BCUT2D eigenvalue weighted by molar-refractivity contribution is 7.17. The molecule has 0 saturated heterocycles. The number of aliphatic hydroxyl groups is 1. The van der Waals surface area contributed by atoms with Gasteiger partial charge in [0.15, 0.2) is 16.7 Å². The number of carbonyl (C=O) groups is 3. The molecule has 1 aliphatic rings. The van der Waals surface area contributed by atoms with E-state index >= 15 is 0 Å². The predicted molar refractivity (Wildman–Crippen MR) is 143 cm³/mol. The molecule has 0 fully saturated rings. The molecule has 198 valence electrons. The van der Waals surface area contributed by atoms with Gasteiger partial charge in [0.25, 0.3) is 5.91 Å². The highest BCUT2D eigenvalue weighted by atomic mass is 32.1. The van der Waals surface area contributed by atoms with Crippen LogP contribution in [-0.2, 0) is 16.1 Å². The molecule has 0 bridgehead atoms. The first-order chi connectivity index (χ1) is 18.9. The molecule has 4 aromatic rings. The Hall–Kier alpha value is -4.70. The lowest BCUT2D eigenvalue weighted by atomic mass is 9.95. The molecule has 39 heavy (non-hydrogen) atoms. The van der Waals surface area contributed by atoms with Crippen molar-refractivity contribution in [2.75, 3.05) is 11.5 Å². The zero-order chi connectivity index (χ0) is 27.5. The Morgan fingerprint density at radius 1 is 1.10 bits per heavy atom. The van der Waals surface area contributed by atoms with E-state index in [0.717, 1.165) is 16.9 Å². The van der Waals surface area contributed by atoms with E-state index in [1.165, 1.54) is 17.2 Å². The van der Waals surface area contributed by atoms with E-state index in [1.54, 1.807) is 44.2 Å². The van der Waals surface area contributed by atoms with Crippen LogP contribution in [0.15, 0.2) is 88.7 Å². The number of amides is 1. The van der Waals surface area contributed by atoms with Crippen LogP contribution in [-0.4, -0.2) is 34.4 Å². The first-order valence-electron chi connectivity index (χ1n) is 12.1. The van der Waals surface area contributed by atoms with E-state index < -0.39 is 29.5 Å². The molecule has 0 aliphatic carbocycles. The molecule has 2 aromatic carbocycles. The smallest absolute Gasteiger partial charge is 0.350 e. The number of anilines is 1. The Morgan fingerprint density at radius 3 is 2.62 bits per heavy atom. The van der Waals surface area contributed by atoms with Crippen molar-refractivity contribution >= 4 is 34.1 Å². The molecule has 2 aromatic heterocycles. The molecular weight excluding hydrogens is 520 g/mol. The van der Waals surface area contributed by atoms with Gasteiger partial charge < -0.3 is 19.0 Å². The summed E-state index contributed by atoms with van der Waals surface area (Å²) < 4.78 is 16.4. The summed E-state index contributed by atoms with van der Waals surface area (Å²) >= 11 is 0.948. The van der Waals surface area contributed by atoms with Crippen molar-refractivity contribution < 1.29 is 33.4 Å². The zero-order valence-electron chi connectivity index (χ0n) is 21.1. The highest BCUT2D eigenvalue weighted by Gasteiger charge is 2.47. The van der Waals surface area contributed by atoms with Crippen molar-refractivity contribution in [2.24, 2.45) is 0 Å². The fourth-order valence-corrected chi connectivity index (χ4v) is 5.26. The molecule has 5 rings (SSSR count). The summed E-state index contributed by atoms with van der Waals surface area (Å²) in [7, 11) is 0. The second-order valence-corrected chi connectivity index (χ2v) is 9.60. The minimum absolute atomic E-state index is 0.0322. The quantitative estimate of drug-likeness (QED) is 0.214. The van der Waals surface area contributed by atoms with Crippen LogP contribution in [0.5, 0.6) is 5.75 Å². The Morgan fingerprint density at radius 2 is 1.90 bits per heavy atom. The maximum absolute atomic E-state index is 13.5. The summed E-state index contributed by atoms with van der Waals surface area (Å²) in [4.78, 5) is 45.2. The number of esters is 1. The number of thiazole rings is 1. The molecule has 1 unspecified atom stereocenters. The summed E-state index contributed by atoms with van der Waals surface area (Å²) in [6, 6.07) is 18.5. The maximum atomic E-state index is 13.5. The van der Waals surface area contributed by atoms with Gasteiger partial charge in [-0.1, -0.05) is 53.8 Å². The number of carbonyl (C=O) groups excluding carboxylic acids is 3. The topological polar surface area (TPSA) is 119 Å². The van der Waals surface area contributed by atoms with Crippen LogP contribution in [0.1, 0.15) is 50.0 Å². The van der Waals surface area contributed by atoms with Crippen molar-refractivity contribution in [3.8, 4) is 5.75 Å². The number of Topliss-reactive ketones (excluding diaryl/α,β-unsaturated/α-hetero) is 1. The molecule has 0 saturated carbocycles. The molecule has 9 nitrogen and oxygen atoms in total. The molecule has 3 heterocycles. The van der Waals surface area contributed by atoms with Crippen molar-refractivity contribution in [1.82, 2.24) is 4.98 Å². The van der Waals surface area contributed by atoms with Crippen molar-refractivity contribution in [2.45, 2.75) is 26.5 Å². The molecule has 1 atom stereocenters. The normalized spacial score (nSPS) is 15.1. The number of furan rings is 1. The van der Waals surface area contributed by atoms with Crippen molar-refractivity contribution in [3.05, 3.63) is 112 Å². The Kier molecular flexibility index (Phi) is 7.29. The zero-order valence-corrected chi connectivity index (χ0v) is 21.9. The standard InChI is InChI=1S/C29H24N2O7S/c1-3-36-28(35)26-17(2)30-29(39-26)31-23(22(25(33)27(31)34)24(32)21-13-8-14-37-21)19-11-7-12-20(15-19)38-16-18-9-5-4-6-10-18/h4-15,23,33H,3,16H2,1-2H3. The van der Waals surface area contributed by atoms with E-state index in [-0.39, 0.29) is 27.9 Å². The van der Waals surface area contributed by atoms with E-state index in [1.807, 2.05) is 30.3 Å². The number of benzene rings is 2. The third-order valence-corrected chi connectivity index (χ3v) is 7.21. The molecule has 1 amide bonds. The Balaban J connectivity index is 1.56. The molecule has 1 N–H and O–H groups in total. The average molecular weight is 545 g/mol. The van der Waals surface area contributed by atoms with E-state index in [4.69, 9.17) is 13.9 Å². The maximum Gasteiger partial charge on any atom is 0.350 e. The number of aliphatic hydroxyl groups excluding tert-OH is 1. The summed E-state index contributed by atoms with van der Waals surface area (Å²) in [6.07, 6.45) is 1.34. The van der Waals surface area contributed by atoms with Gasteiger partial charge >= 0.3 is 5.97 Å². The van der Waals surface area contributed by atoms with Crippen molar-refractivity contribution in [3.63, 3.8) is 0 Å². The van der Waals surface area contributed by atoms with Crippen LogP contribution in [0.2, 0.25) is 0 Å². The minimum Gasteiger partial charge on any atom is -0.503 e. The van der Waals surface area contributed by atoms with Gasteiger partial charge in [-0.05, 0) is 49.2 Å². The molecule has 0 radical (unpaired) electrons. The average Bonchev–Trinajstić information content (AvgIpc) is 3.67. The second kappa shape index (κ2) is 11.0. The summed E-state index contributed by atoms with van der Waals surface area (Å²) in [6.45, 7) is 3.81. The number of aryl methyl sites for hydroxylation is 1. The fraction of sp³-hybridized carbons (Fsp3) is 0.172. The summed E-state index contributed by atoms with van der Waals surface area (Å²) in [5, 5.41) is 11.1. The predicted octanol–water partition coefficient (Wildman–Crippen LogP) is 5.58. The van der Waals surface area contributed by atoms with E-state index in [9.17, 15) is 19.5 Å². The van der Waals surface area contributed by atoms with Crippen LogP contribution in [0.25, 0.3) is 0 Å². The largest absolute Gasteiger partial charge is 0.503 e. The van der Waals surface area contributed by atoms with Gasteiger partial charge in [-0.3, -0.25) is 14.5 Å². The van der Waals surface area contributed by atoms with E-state index in [0.29, 0.717) is 23.6 Å². The Labute approximate surface area is 227 Å². The number of hydrogen-bond donors (Lipinski definition) is 1. The number of hydrogen-bond acceptors (Lipinski definition) is 9. The van der Waals surface area contributed by atoms with Gasteiger partial charge in [0.05, 0.1) is 30.2 Å². The van der Waals surface area contributed by atoms with Crippen LogP contribution >= 0.6 is 11.3 Å². The summed E-state index contributed by atoms with van der Waals surface area (Å²) in [5.74, 6) is -2.29. The lowest BCUT2D eigenvalue weighted by molar-refractivity contribution is -0.117. The number of aromatic nitrogens is 1. The lowest BCUT2D eigenvalue weighted by Crippen LogP contribution is -2.31. The molecule has 10 heteroatoms. The molecular formula is C29H24N2O7S. The van der Waals surface area contributed by atoms with Gasteiger partial charge in [0.2, 0.25) is 5.78 Å². The van der Waals surface area contributed by atoms with Gasteiger partial charge in [-0.2, -0.15) is 0 Å². The highest BCUT2D eigenvalue weighted by Crippen LogP contribution is 2.44. The number of rotatable bonds is 9. The number of nitrogens with zero attached hydrogens (tertiary/aromatic N) is 2. The van der Waals surface area contributed by atoms with Crippen molar-refractivity contribution in [1.29, 1.82) is 0 Å². The molecule has 1 aliphatic heterocycles. The van der Waals surface area contributed by atoms with Crippen LogP contribution < -0.4 is 9.64 Å². The lowest BCUT2D eigenvalue weighted by Gasteiger charge is -2.24. The van der Waals surface area contributed by atoms with Gasteiger partial charge in [0.1, 0.15) is 17.2 Å². The minimum atomic E-state index is -1.06. The van der Waals surface area contributed by atoms with Crippen LogP contribution in [0.4, 0.5) is 5.13 Å². The van der Waals surface area contributed by atoms with Crippen LogP contribution in [0, 0.1) is 6.92 Å². The van der Waals surface area contributed by atoms with Gasteiger partial charge in [0, 0.05) is 0 Å². The number of ether oxygens (including phenoxy) is 2. The van der Waals surface area contributed by atoms with Gasteiger partial charge in [-0.25, -0.2) is 9.78 Å². The molecule has 0 spiro atoms. The van der Waals surface area contributed by atoms with E-state index in [2.05, 4.69) is 4.98 Å². The SMILES string of the molecule is CCOC(=O)c1sc(N2C(=O)C(O)=C(C(=O)c3ccco3)C2c2cccc(OCc3ccccc3)c2)nc1C. The van der Waals surface area contributed by atoms with Crippen LogP contribution in [0.3, 0.4) is 0 Å². The third-order valence-electron chi connectivity index (χ3n) is 6.07. The first-order valence-corrected chi connectivity index (χ1v) is 13.0. The second-order valence-electron chi connectivity index (χ2n) is 8.62. The first kappa shape index (κ1) is 25.9. The third kappa shape index (κ3) is 5.06. The monoisotopic (exact) mass is 544 g/mol. The fourth-order valence-electron chi connectivity index (χ4n) is 4.28.